The summed E-state index contributed by atoms with van der Waals surface area (Å²) in [6, 6.07) is 5.91. The van der Waals surface area contributed by atoms with E-state index in [9.17, 15) is 4.39 Å². The van der Waals surface area contributed by atoms with E-state index in [4.69, 9.17) is 10.5 Å². The number of rotatable bonds is 3. The molecular formula is C12H14FN3O. The molecule has 5 heteroatoms. The quantitative estimate of drug-likeness (QED) is 0.859. The fraction of sp³-hybridized carbons (Fsp3) is 0.250. The third-order valence-corrected chi connectivity index (χ3v) is 2.37. The predicted octanol–water partition coefficient (Wildman–Crippen LogP) is 2.67. The zero-order valence-electron chi connectivity index (χ0n) is 9.70. The van der Waals surface area contributed by atoms with E-state index in [-0.39, 0.29) is 5.82 Å². The highest BCUT2D eigenvalue weighted by molar-refractivity contribution is 5.39. The molecule has 0 radical (unpaired) electrons. The van der Waals surface area contributed by atoms with Crippen molar-refractivity contribution in [2.45, 2.75) is 19.9 Å². The number of aromatic amines is 1. The lowest BCUT2D eigenvalue weighted by Gasteiger charge is -2.12. The molecule has 0 saturated carbocycles. The summed E-state index contributed by atoms with van der Waals surface area (Å²) in [5, 5.41) is 6.68. The summed E-state index contributed by atoms with van der Waals surface area (Å²) in [5.74, 6) is 0.422. The van der Waals surface area contributed by atoms with E-state index in [2.05, 4.69) is 10.2 Å². The number of nitrogens with two attached hydrogens (primary N) is 1. The van der Waals surface area contributed by atoms with E-state index in [1.807, 2.05) is 6.92 Å². The predicted molar refractivity (Wildman–Crippen MR) is 62.4 cm³/mol. The highest BCUT2D eigenvalue weighted by Crippen LogP contribution is 2.29. The van der Waals surface area contributed by atoms with Crippen molar-refractivity contribution in [3.05, 3.63) is 41.3 Å². The third kappa shape index (κ3) is 2.45. The molecule has 17 heavy (non-hydrogen) atoms. The molecule has 0 spiro atoms. The molecule has 0 saturated heterocycles. The summed E-state index contributed by atoms with van der Waals surface area (Å²) in [4.78, 5) is 0. The second-order valence-electron chi connectivity index (χ2n) is 3.93. The molecular weight excluding hydrogens is 221 g/mol. The van der Waals surface area contributed by atoms with E-state index in [1.54, 1.807) is 25.1 Å². The maximum atomic E-state index is 13.6. The van der Waals surface area contributed by atoms with Gasteiger partial charge in [-0.3, -0.25) is 5.10 Å². The van der Waals surface area contributed by atoms with Gasteiger partial charge >= 0.3 is 0 Å². The standard InChI is InChI=1S/C12H14FN3O/c1-7-6-11(16-15-7)17-10-5-3-4-9(13)12(10)8(2)14/h3-6,8H,14H2,1-2H3,(H,15,16)/t8-/m1/s1. The third-order valence-electron chi connectivity index (χ3n) is 2.37. The molecule has 0 unspecified atom stereocenters. The number of halogens is 1. The van der Waals surface area contributed by atoms with Gasteiger partial charge in [-0.1, -0.05) is 6.07 Å². The molecule has 1 aromatic carbocycles. The number of nitrogens with zero attached hydrogens (tertiary/aromatic N) is 1. The van der Waals surface area contributed by atoms with Gasteiger partial charge in [0.25, 0.3) is 0 Å². The van der Waals surface area contributed by atoms with Gasteiger partial charge in [-0.2, -0.15) is 0 Å². The van der Waals surface area contributed by atoms with E-state index >= 15 is 0 Å². The summed E-state index contributed by atoms with van der Waals surface area (Å²) in [5.41, 5.74) is 6.95. The van der Waals surface area contributed by atoms with Gasteiger partial charge in [0.05, 0.1) is 0 Å². The average molecular weight is 235 g/mol. The number of hydrogen-bond donors (Lipinski definition) is 2. The van der Waals surface area contributed by atoms with Crippen molar-refractivity contribution in [3.8, 4) is 11.6 Å². The minimum atomic E-state index is -0.439. The van der Waals surface area contributed by atoms with Crippen molar-refractivity contribution in [2.24, 2.45) is 5.73 Å². The van der Waals surface area contributed by atoms with Crippen molar-refractivity contribution in [1.82, 2.24) is 10.2 Å². The fourth-order valence-electron chi connectivity index (χ4n) is 1.61. The zero-order chi connectivity index (χ0) is 12.4. The number of hydrogen-bond acceptors (Lipinski definition) is 3. The van der Waals surface area contributed by atoms with Gasteiger partial charge in [0, 0.05) is 23.4 Å². The Morgan fingerprint density at radius 2 is 2.24 bits per heavy atom. The van der Waals surface area contributed by atoms with Gasteiger partial charge in [-0.05, 0) is 26.0 Å². The monoisotopic (exact) mass is 235 g/mol. The number of H-pyrrole nitrogens is 1. The first-order valence-corrected chi connectivity index (χ1v) is 5.32. The molecule has 90 valence electrons. The van der Waals surface area contributed by atoms with Crippen LogP contribution in [0.2, 0.25) is 0 Å². The van der Waals surface area contributed by atoms with Crippen LogP contribution in [0.3, 0.4) is 0 Å². The Labute approximate surface area is 98.6 Å². The Balaban J connectivity index is 2.35. The zero-order valence-corrected chi connectivity index (χ0v) is 9.70. The summed E-state index contributed by atoms with van der Waals surface area (Å²) < 4.78 is 19.1. The Bertz CT molecular complexity index is 522. The molecule has 0 fully saturated rings. The molecule has 4 nitrogen and oxygen atoms in total. The Morgan fingerprint density at radius 3 is 2.82 bits per heavy atom. The number of aromatic nitrogens is 2. The van der Waals surface area contributed by atoms with Crippen molar-refractivity contribution < 1.29 is 9.13 Å². The second-order valence-corrected chi connectivity index (χ2v) is 3.93. The summed E-state index contributed by atoms with van der Waals surface area (Å²) >= 11 is 0. The van der Waals surface area contributed by atoms with Crippen molar-refractivity contribution >= 4 is 0 Å². The Hall–Kier alpha value is -1.88. The lowest BCUT2D eigenvalue weighted by molar-refractivity contribution is 0.443. The van der Waals surface area contributed by atoms with Crippen LogP contribution in [0.25, 0.3) is 0 Å². The van der Waals surface area contributed by atoms with Gasteiger partial charge in [0.2, 0.25) is 5.88 Å². The topological polar surface area (TPSA) is 63.9 Å². The van der Waals surface area contributed by atoms with Crippen LogP contribution in [0.15, 0.2) is 24.3 Å². The first-order valence-electron chi connectivity index (χ1n) is 5.32. The van der Waals surface area contributed by atoms with Gasteiger partial charge in [0.1, 0.15) is 11.6 Å². The van der Waals surface area contributed by atoms with Crippen molar-refractivity contribution in [2.75, 3.05) is 0 Å². The van der Waals surface area contributed by atoms with Crippen LogP contribution >= 0.6 is 0 Å². The van der Waals surface area contributed by atoms with Crippen LogP contribution in [0.1, 0.15) is 24.2 Å². The normalized spacial score (nSPS) is 12.5. The van der Waals surface area contributed by atoms with E-state index in [0.29, 0.717) is 17.2 Å². The molecule has 0 aliphatic rings. The average Bonchev–Trinajstić information content (AvgIpc) is 2.63. The summed E-state index contributed by atoms with van der Waals surface area (Å²) in [7, 11) is 0. The molecule has 3 N–H and O–H groups in total. The largest absolute Gasteiger partial charge is 0.437 e. The lowest BCUT2D eigenvalue weighted by Crippen LogP contribution is -2.09. The van der Waals surface area contributed by atoms with Gasteiger partial charge < -0.3 is 10.5 Å². The van der Waals surface area contributed by atoms with E-state index < -0.39 is 6.04 Å². The number of aryl methyl sites for hydroxylation is 1. The maximum Gasteiger partial charge on any atom is 0.238 e. The summed E-state index contributed by atoms with van der Waals surface area (Å²) in [6.07, 6.45) is 0. The molecule has 0 bridgehead atoms. The minimum absolute atomic E-state index is 0.355. The van der Waals surface area contributed by atoms with Crippen LogP contribution in [-0.2, 0) is 0 Å². The van der Waals surface area contributed by atoms with Gasteiger partial charge in [-0.25, -0.2) is 4.39 Å². The van der Waals surface area contributed by atoms with Gasteiger partial charge in [-0.15, -0.1) is 5.10 Å². The van der Waals surface area contributed by atoms with Crippen molar-refractivity contribution in [1.29, 1.82) is 0 Å². The SMILES string of the molecule is Cc1cc(Oc2cccc(F)c2[C@@H](C)N)n[nH]1. The van der Waals surface area contributed by atoms with Crippen LogP contribution in [0, 0.1) is 12.7 Å². The summed E-state index contributed by atoms with van der Waals surface area (Å²) in [6.45, 7) is 3.57. The first-order chi connectivity index (χ1) is 8.08. The van der Waals surface area contributed by atoms with Crippen LogP contribution in [0.4, 0.5) is 4.39 Å². The fourth-order valence-corrected chi connectivity index (χ4v) is 1.61. The maximum absolute atomic E-state index is 13.6. The molecule has 0 amide bonds. The van der Waals surface area contributed by atoms with Crippen LogP contribution in [-0.4, -0.2) is 10.2 Å². The highest BCUT2D eigenvalue weighted by Gasteiger charge is 2.14. The smallest absolute Gasteiger partial charge is 0.238 e. The molecule has 1 aromatic heterocycles. The Morgan fingerprint density at radius 1 is 1.47 bits per heavy atom. The van der Waals surface area contributed by atoms with Crippen molar-refractivity contribution in [3.63, 3.8) is 0 Å². The van der Waals surface area contributed by atoms with E-state index in [0.717, 1.165) is 5.69 Å². The lowest BCUT2D eigenvalue weighted by atomic mass is 10.1. The molecule has 0 aliphatic carbocycles. The minimum Gasteiger partial charge on any atom is -0.437 e. The number of nitrogens with one attached hydrogen (secondary N) is 1. The van der Waals surface area contributed by atoms with E-state index in [1.165, 1.54) is 6.07 Å². The van der Waals surface area contributed by atoms with Crippen LogP contribution < -0.4 is 10.5 Å². The highest BCUT2D eigenvalue weighted by atomic mass is 19.1. The molecule has 2 aromatic rings. The second kappa shape index (κ2) is 4.55. The van der Waals surface area contributed by atoms with Crippen LogP contribution in [0.5, 0.6) is 11.6 Å². The Kier molecular flexibility index (Phi) is 3.10. The first kappa shape index (κ1) is 11.6. The number of ether oxygens (including phenoxy) is 1. The molecule has 0 aliphatic heterocycles. The molecule has 1 heterocycles. The molecule has 2 rings (SSSR count). The molecule has 1 atom stereocenters. The van der Waals surface area contributed by atoms with Gasteiger partial charge in [0.15, 0.2) is 0 Å². The number of benzene rings is 1.